The smallest absolute Gasteiger partial charge is 0.140 e. The van der Waals surface area contributed by atoms with E-state index in [9.17, 15) is 4.79 Å². The molecule has 1 fully saturated rings. The zero-order valence-corrected chi connectivity index (χ0v) is 8.97. The van der Waals surface area contributed by atoms with E-state index >= 15 is 0 Å². The molecule has 1 aromatic carbocycles. The molecule has 1 aliphatic carbocycles. The predicted octanol–water partition coefficient (Wildman–Crippen LogP) is 3.49. The van der Waals surface area contributed by atoms with Crippen molar-refractivity contribution in [1.29, 1.82) is 0 Å². The Morgan fingerprint density at radius 3 is 2.79 bits per heavy atom. The molecule has 0 N–H and O–H groups in total. The van der Waals surface area contributed by atoms with Crippen molar-refractivity contribution >= 4 is 17.4 Å². The molecule has 0 aromatic heterocycles. The molecular formula is C12H13ClO. The van der Waals surface area contributed by atoms with Crippen molar-refractivity contribution in [3.8, 4) is 0 Å². The van der Waals surface area contributed by atoms with Crippen LogP contribution in [-0.4, -0.2) is 5.78 Å². The molecule has 1 saturated carbocycles. The highest BCUT2D eigenvalue weighted by atomic mass is 35.5. The third kappa shape index (κ3) is 1.69. The second kappa shape index (κ2) is 3.74. The van der Waals surface area contributed by atoms with Gasteiger partial charge in [0.1, 0.15) is 5.78 Å². The number of benzene rings is 1. The van der Waals surface area contributed by atoms with Gasteiger partial charge in [0.2, 0.25) is 0 Å². The van der Waals surface area contributed by atoms with Crippen LogP contribution in [0.1, 0.15) is 36.3 Å². The van der Waals surface area contributed by atoms with Crippen LogP contribution in [0.4, 0.5) is 0 Å². The largest absolute Gasteiger partial charge is 0.299 e. The number of carbonyl (C=O) groups excluding carboxylic acids is 1. The van der Waals surface area contributed by atoms with Crippen LogP contribution < -0.4 is 0 Å². The molecule has 0 radical (unpaired) electrons. The van der Waals surface area contributed by atoms with Gasteiger partial charge >= 0.3 is 0 Å². The summed E-state index contributed by atoms with van der Waals surface area (Å²) in [5.41, 5.74) is 2.19. The maximum absolute atomic E-state index is 11.5. The van der Waals surface area contributed by atoms with Gasteiger partial charge in [-0.05, 0) is 37.0 Å². The van der Waals surface area contributed by atoms with Crippen LogP contribution in [0.2, 0.25) is 5.02 Å². The first kappa shape index (κ1) is 9.72. The Morgan fingerprint density at radius 1 is 1.43 bits per heavy atom. The Morgan fingerprint density at radius 2 is 2.21 bits per heavy atom. The maximum Gasteiger partial charge on any atom is 0.140 e. The summed E-state index contributed by atoms with van der Waals surface area (Å²) in [4.78, 5) is 11.5. The van der Waals surface area contributed by atoms with Crippen LogP contribution in [0.5, 0.6) is 0 Å². The van der Waals surface area contributed by atoms with Gasteiger partial charge < -0.3 is 0 Å². The van der Waals surface area contributed by atoms with Crippen LogP contribution in [0.3, 0.4) is 0 Å². The molecule has 0 spiro atoms. The van der Waals surface area contributed by atoms with E-state index in [2.05, 4.69) is 0 Å². The number of hydrogen-bond acceptors (Lipinski definition) is 1. The van der Waals surface area contributed by atoms with Gasteiger partial charge in [0, 0.05) is 17.4 Å². The van der Waals surface area contributed by atoms with Crippen molar-refractivity contribution < 1.29 is 4.79 Å². The fourth-order valence-corrected chi connectivity index (χ4v) is 2.17. The van der Waals surface area contributed by atoms with E-state index in [4.69, 9.17) is 11.6 Å². The fourth-order valence-electron chi connectivity index (χ4n) is 2.05. The summed E-state index contributed by atoms with van der Waals surface area (Å²) in [6.45, 7) is 1.98. The van der Waals surface area contributed by atoms with E-state index in [1.807, 2.05) is 25.1 Å². The molecule has 74 valence electrons. The molecule has 1 aliphatic rings. The van der Waals surface area contributed by atoms with Crippen LogP contribution in [0.15, 0.2) is 18.2 Å². The minimum absolute atomic E-state index is 0.131. The second-order valence-electron chi connectivity index (χ2n) is 3.92. The van der Waals surface area contributed by atoms with Gasteiger partial charge in [-0.15, -0.1) is 0 Å². The van der Waals surface area contributed by atoms with Gasteiger partial charge in [-0.3, -0.25) is 4.79 Å². The molecule has 0 amide bonds. The van der Waals surface area contributed by atoms with Crippen LogP contribution in [-0.2, 0) is 4.79 Å². The number of Topliss-reactive ketones (excluding diaryl/α,β-unsaturated/α-hetero) is 1. The van der Waals surface area contributed by atoms with Crippen molar-refractivity contribution in [2.24, 2.45) is 0 Å². The predicted molar refractivity (Wildman–Crippen MR) is 57.8 cm³/mol. The van der Waals surface area contributed by atoms with Gasteiger partial charge in [0.25, 0.3) is 0 Å². The standard InChI is InChI=1S/C12H13ClO/c1-8-7-9(5-6-11(8)13)10-3-2-4-12(10)14/h5-7,10H,2-4H2,1H3. The van der Waals surface area contributed by atoms with Crippen molar-refractivity contribution in [3.05, 3.63) is 34.3 Å². The molecule has 1 aromatic rings. The lowest BCUT2D eigenvalue weighted by Crippen LogP contribution is -2.04. The zero-order valence-electron chi connectivity index (χ0n) is 8.22. The summed E-state index contributed by atoms with van der Waals surface area (Å²) >= 11 is 5.94. The van der Waals surface area contributed by atoms with Gasteiger partial charge in [-0.1, -0.05) is 23.7 Å². The molecular weight excluding hydrogens is 196 g/mol. The summed E-state index contributed by atoms with van der Waals surface area (Å²) in [5.74, 6) is 0.512. The summed E-state index contributed by atoms with van der Waals surface area (Å²) < 4.78 is 0. The lowest BCUT2D eigenvalue weighted by molar-refractivity contribution is -0.118. The molecule has 2 rings (SSSR count). The second-order valence-corrected chi connectivity index (χ2v) is 4.33. The lowest BCUT2D eigenvalue weighted by Gasteiger charge is -2.09. The first-order valence-corrected chi connectivity index (χ1v) is 5.35. The number of carbonyl (C=O) groups is 1. The summed E-state index contributed by atoms with van der Waals surface area (Å²) in [6, 6.07) is 5.90. The number of aryl methyl sites for hydroxylation is 1. The molecule has 1 atom stereocenters. The van der Waals surface area contributed by atoms with Crippen LogP contribution >= 0.6 is 11.6 Å². The molecule has 0 bridgehead atoms. The van der Waals surface area contributed by atoms with Crippen molar-refractivity contribution in [2.75, 3.05) is 0 Å². The monoisotopic (exact) mass is 208 g/mol. The van der Waals surface area contributed by atoms with Crippen molar-refractivity contribution in [1.82, 2.24) is 0 Å². The molecule has 2 heteroatoms. The van der Waals surface area contributed by atoms with Crippen LogP contribution in [0, 0.1) is 6.92 Å². The van der Waals surface area contributed by atoms with Gasteiger partial charge in [-0.25, -0.2) is 0 Å². The Hall–Kier alpha value is -0.820. The zero-order chi connectivity index (χ0) is 10.1. The highest BCUT2D eigenvalue weighted by Gasteiger charge is 2.25. The first-order valence-electron chi connectivity index (χ1n) is 4.97. The lowest BCUT2D eigenvalue weighted by atomic mass is 9.95. The third-order valence-electron chi connectivity index (χ3n) is 2.89. The molecule has 14 heavy (non-hydrogen) atoms. The number of halogens is 1. The quantitative estimate of drug-likeness (QED) is 0.691. The minimum Gasteiger partial charge on any atom is -0.299 e. The SMILES string of the molecule is Cc1cc(C2CCCC2=O)ccc1Cl. The van der Waals surface area contributed by atoms with E-state index in [0.29, 0.717) is 5.78 Å². The number of rotatable bonds is 1. The highest BCUT2D eigenvalue weighted by molar-refractivity contribution is 6.31. The van der Waals surface area contributed by atoms with Crippen molar-refractivity contribution in [2.45, 2.75) is 32.1 Å². The Labute approximate surface area is 89.1 Å². The molecule has 1 unspecified atom stereocenters. The van der Waals surface area contributed by atoms with Gasteiger partial charge in [0.15, 0.2) is 0 Å². The average Bonchev–Trinajstić information content (AvgIpc) is 2.57. The van der Waals surface area contributed by atoms with Crippen LogP contribution in [0.25, 0.3) is 0 Å². The fraction of sp³-hybridized carbons (Fsp3) is 0.417. The van der Waals surface area contributed by atoms with E-state index in [0.717, 1.165) is 35.4 Å². The van der Waals surface area contributed by atoms with Gasteiger partial charge in [0.05, 0.1) is 0 Å². The number of hydrogen-bond donors (Lipinski definition) is 0. The summed E-state index contributed by atoms with van der Waals surface area (Å²) in [7, 11) is 0. The Bertz CT molecular complexity index is 371. The van der Waals surface area contributed by atoms with E-state index in [1.165, 1.54) is 0 Å². The molecule has 1 nitrogen and oxygen atoms in total. The van der Waals surface area contributed by atoms with E-state index < -0.39 is 0 Å². The summed E-state index contributed by atoms with van der Waals surface area (Å²) in [6.07, 6.45) is 2.78. The van der Waals surface area contributed by atoms with E-state index in [-0.39, 0.29) is 5.92 Å². The topological polar surface area (TPSA) is 17.1 Å². The highest BCUT2D eigenvalue weighted by Crippen LogP contribution is 2.32. The Balaban J connectivity index is 2.32. The van der Waals surface area contributed by atoms with E-state index in [1.54, 1.807) is 0 Å². The minimum atomic E-state index is 0.131. The maximum atomic E-state index is 11.5. The number of ketones is 1. The first-order chi connectivity index (χ1) is 6.68. The summed E-state index contributed by atoms with van der Waals surface area (Å²) in [5, 5.41) is 0.777. The third-order valence-corrected chi connectivity index (χ3v) is 3.31. The average molecular weight is 209 g/mol. The molecule has 0 aliphatic heterocycles. The Kier molecular flexibility index (Phi) is 2.60. The normalized spacial score (nSPS) is 21.6. The van der Waals surface area contributed by atoms with Crippen molar-refractivity contribution in [3.63, 3.8) is 0 Å². The molecule has 0 heterocycles. The van der Waals surface area contributed by atoms with Gasteiger partial charge in [-0.2, -0.15) is 0 Å². The molecule has 0 saturated heterocycles.